The van der Waals surface area contributed by atoms with Gasteiger partial charge in [0.1, 0.15) is 5.82 Å². The van der Waals surface area contributed by atoms with Gasteiger partial charge in [-0.25, -0.2) is 4.39 Å². The first-order valence-electron chi connectivity index (χ1n) is 4.14. The fourth-order valence-electron chi connectivity index (χ4n) is 1.13. The maximum absolute atomic E-state index is 12.8. The van der Waals surface area contributed by atoms with E-state index in [9.17, 15) is 19.3 Å². The lowest BCUT2D eigenvalue weighted by molar-refractivity contribution is -0.385. The molecule has 0 aliphatic carbocycles. The van der Waals surface area contributed by atoms with E-state index in [1.165, 1.54) is 6.08 Å². The first-order valence-corrected chi connectivity index (χ1v) is 4.14. The Morgan fingerprint density at radius 2 is 2.27 bits per heavy atom. The van der Waals surface area contributed by atoms with Crippen molar-refractivity contribution < 1.29 is 14.1 Å². The zero-order valence-corrected chi connectivity index (χ0v) is 7.77. The molecule has 4 nitrogen and oxygen atoms in total. The molecule has 0 spiro atoms. The molecule has 0 amide bonds. The van der Waals surface area contributed by atoms with Crippen molar-refractivity contribution in [3.05, 3.63) is 52.3 Å². The van der Waals surface area contributed by atoms with Gasteiger partial charge in [0.2, 0.25) is 0 Å². The van der Waals surface area contributed by atoms with Gasteiger partial charge in [-0.2, -0.15) is 0 Å². The van der Waals surface area contributed by atoms with Gasteiger partial charge in [0.05, 0.1) is 10.5 Å². The van der Waals surface area contributed by atoms with Crippen LogP contribution in [-0.2, 0) is 0 Å². The number of carbonyl (C=O) groups excluding carboxylic acids is 1. The number of carbonyl (C=O) groups is 1. The smallest absolute Gasteiger partial charge is 0.280 e. The molecule has 1 aromatic rings. The number of nitro benzene ring substituents is 1. The van der Waals surface area contributed by atoms with E-state index in [1.807, 2.05) is 0 Å². The Kier molecular flexibility index (Phi) is 3.28. The van der Waals surface area contributed by atoms with Crippen LogP contribution in [0.4, 0.5) is 10.1 Å². The number of nitrogens with zero attached hydrogens (tertiary/aromatic N) is 1. The van der Waals surface area contributed by atoms with E-state index in [0.717, 1.165) is 18.2 Å². The minimum Gasteiger partial charge on any atom is -0.294 e. The number of ketones is 1. The summed E-state index contributed by atoms with van der Waals surface area (Å²) in [5, 5.41) is 10.5. The highest BCUT2D eigenvalue weighted by atomic mass is 19.1. The van der Waals surface area contributed by atoms with E-state index in [2.05, 4.69) is 6.58 Å². The number of rotatable bonds is 4. The molecule has 0 unspecified atom stereocenters. The minimum absolute atomic E-state index is 0.0513. The molecular weight excluding hydrogens is 201 g/mol. The summed E-state index contributed by atoms with van der Waals surface area (Å²) in [6, 6.07) is 2.79. The summed E-state index contributed by atoms with van der Waals surface area (Å²) in [5.74, 6) is -1.19. The van der Waals surface area contributed by atoms with Gasteiger partial charge >= 0.3 is 0 Å². The quantitative estimate of drug-likeness (QED) is 0.331. The first-order chi connectivity index (χ1) is 7.06. The molecule has 5 heteroatoms. The van der Waals surface area contributed by atoms with Gasteiger partial charge in [0.25, 0.3) is 5.69 Å². The molecule has 0 fully saturated rings. The predicted molar refractivity (Wildman–Crippen MR) is 52.2 cm³/mol. The van der Waals surface area contributed by atoms with E-state index in [-0.39, 0.29) is 17.7 Å². The lowest BCUT2D eigenvalue weighted by Gasteiger charge is -2.00. The van der Waals surface area contributed by atoms with Crippen LogP contribution in [-0.4, -0.2) is 10.7 Å². The van der Waals surface area contributed by atoms with Crippen LogP contribution in [0.25, 0.3) is 0 Å². The van der Waals surface area contributed by atoms with E-state index in [0.29, 0.717) is 0 Å². The summed E-state index contributed by atoms with van der Waals surface area (Å²) in [5.41, 5.74) is -0.608. The number of nitro groups is 1. The standard InChI is InChI=1S/C10H8FNO3/c1-2-3-10(13)8-6-7(11)4-5-9(8)12(14)15/h2,4-6H,1,3H2. The third-order valence-corrected chi connectivity index (χ3v) is 1.79. The van der Waals surface area contributed by atoms with Gasteiger partial charge < -0.3 is 0 Å². The second-order valence-corrected chi connectivity index (χ2v) is 2.83. The zero-order chi connectivity index (χ0) is 11.4. The average Bonchev–Trinajstić information content (AvgIpc) is 2.17. The van der Waals surface area contributed by atoms with Crippen molar-refractivity contribution in [3.63, 3.8) is 0 Å². The fraction of sp³-hybridized carbons (Fsp3) is 0.100. The average molecular weight is 209 g/mol. The zero-order valence-electron chi connectivity index (χ0n) is 7.77. The molecule has 0 saturated carbocycles. The topological polar surface area (TPSA) is 60.2 Å². The normalized spacial score (nSPS) is 9.67. The van der Waals surface area contributed by atoms with Gasteiger partial charge in [-0.3, -0.25) is 14.9 Å². The van der Waals surface area contributed by atoms with Gasteiger partial charge in [0, 0.05) is 12.5 Å². The summed E-state index contributed by atoms with van der Waals surface area (Å²) in [6.07, 6.45) is 1.27. The summed E-state index contributed by atoms with van der Waals surface area (Å²) in [6.45, 7) is 3.34. The number of hydrogen-bond donors (Lipinski definition) is 0. The Morgan fingerprint density at radius 3 is 2.80 bits per heavy atom. The van der Waals surface area contributed by atoms with Crippen molar-refractivity contribution >= 4 is 11.5 Å². The van der Waals surface area contributed by atoms with Gasteiger partial charge in [-0.15, -0.1) is 6.58 Å². The Morgan fingerprint density at radius 1 is 1.60 bits per heavy atom. The highest BCUT2D eigenvalue weighted by Gasteiger charge is 2.19. The van der Waals surface area contributed by atoms with Crippen LogP contribution in [0.15, 0.2) is 30.9 Å². The van der Waals surface area contributed by atoms with Crippen molar-refractivity contribution in [3.8, 4) is 0 Å². The maximum atomic E-state index is 12.8. The summed E-state index contributed by atoms with van der Waals surface area (Å²) >= 11 is 0. The van der Waals surface area contributed by atoms with Crippen LogP contribution in [0.3, 0.4) is 0 Å². The molecule has 0 heterocycles. The first kappa shape index (κ1) is 11.0. The van der Waals surface area contributed by atoms with Crippen LogP contribution >= 0.6 is 0 Å². The lowest BCUT2D eigenvalue weighted by Crippen LogP contribution is -2.03. The Balaban J connectivity index is 3.23. The third-order valence-electron chi connectivity index (χ3n) is 1.79. The van der Waals surface area contributed by atoms with E-state index < -0.39 is 16.5 Å². The highest BCUT2D eigenvalue weighted by molar-refractivity contribution is 6.00. The predicted octanol–water partition coefficient (Wildman–Crippen LogP) is 2.49. The largest absolute Gasteiger partial charge is 0.294 e. The number of Topliss-reactive ketones (excluding diaryl/α,β-unsaturated/α-hetero) is 1. The van der Waals surface area contributed by atoms with Crippen molar-refractivity contribution in [1.82, 2.24) is 0 Å². The molecule has 0 radical (unpaired) electrons. The van der Waals surface area contributed by atoms with Crippen molar-refractivity contribution in [2.45, 2.75) is 6.42 Å². The Labute approximate surface area is 85.2 Å². The van der Waals surface area contributed by atoms with Crippen LogP contribution in [0, 0.1) is 15.9 Å². The second kappa shape index (κ2) is 4.45. The molecule has 0 atom stereocenters. The number of allylic oxidation sites excluding steroid dienone is 1. The Hall–Kier alpha value is -2.04. The number of benzene rings is 1. The van der Waals surface area contributed by atoms with E-state index in [4.69, 9.17) is 0 Å². The third kappa shape index (κ3) is 2.46. The van der Waals surface area contributed by atoms with E-state index >= 15 is 0 Å². The fourth-order valence-corrected chi connectivity index (χ4v) is 1.13. The molecule has 1 aromatic carbocycles. The van der Waals surface area contributed by atoms with Gasteiger partial charge in [0.15, 0.2) is 5.78 Å². The molecule has 0 N–H and O–H groups in total. The van der Waals surface area contributed by atoms with Crippen LogP contribution in [0.1, 0.15) is 16.8 Å². The lowest BCUT2D eigenvalue weighted by atomic mass is 10.1. The van der Waals surface area contributed by atoms with Crippen molar-refractivity contribution in [2.75, 3.05) is 0 Å². The monoisotopic (exact) mass is 209 g/mol. The number of halogens is 1. The molecule has 0 aliphatic rings. The molecule has 0 aliphatic heterocycles. The molecule has 78 valence electrons. The van der Waals surface area contributed by atoms with Crippen LogP contribution in [0.2, 0.25) is 0 Å². The van der Waals surface area contributed by atoms with Crippen molar-refractivity contribution in [1.29, 1.82) is 0 Å². The number of hydrogen-bond acceptors (Lipinski definition) is 3. The summed E-state index contributed by atoms with van der Waals surface area (Å²) in [4.78, 5) is 21.2. The van der Waals surface area contributed by atoms with Crippen LogP contribution in [0.5, 0.6) is 0 Å². The summed E-state index contributed by atoms with van der Waals surface area (Å²) in [7, 11) is 0. The van der Waals surface area contributed by atoms with E-state index in [1.54, 1.807) is 0 Å². The van der Waals surface area contributed by atoms with Gasteiger partial charge in [-0.1, -0.05) is 6.08 Å². The summed E-state index contributed by atoms with van der Waals surface area (Å²) < 4.78 is 12.8. The Bertz CT molecular complexity index is 429. The maximum Gasteiger partial charge on any atom is 0.280 e. The molecule has 0 saturated heterocycles. The molecule has 1 rings (SSSR count). The minimum atomic E-state index is -0.713. The SMILES string of the molecule is C=CCC(=O)c1cc(F)ccc1[N+](=O)[O-]. The molecule has 0 aromatic heterocycles. The van der Waals surface area contributed by atoms with Gasteiger partial charge in [-0.05, 0) is 12.1 Å². The molecule has 0 bridgehead atoms. The highest BCUT2D eigenvalue weighted by Crippen LogP contribution is 2.20. The van der Waals surface area contributed by atoms with Crippen molar-refractivity contribution in [2.24, 2.45) is 0 Å². The molecular formula is C10H8FNO3. The molecule has 15 heavy (non-hydrogen) atoms. The van der Waals surface area contributed by atoms with Crippen LogP contribution < -0.4 is 0 Å². The second-order valence-electron chi connectivity index (χ2n) is 2.83.